The maximum Gasteiger partial charge on any atom is 0.252 e. The van der Waals surface area contributed by atoms with Gasteiger partial charge in [-0.3, -0.25) is 4.79 Å². The average molecular weight is 261 g/mol. The summed E-state index contributed by atoms with van der Waals surface area (Å²) in [6.07, 6.45) is 0. The van der Waals surface area contributed by atoms with Gasteiger partial charge in [-0.1, -0.05) is 18.2 Å². The first-order valence-electron chi connectivity index (χ1n) is 5.45. The number of phenols is 2. The molecule has 2 aromatic rings. The van der Waals surface area contributed by atoms with E-state index in [2.05, 4.69) is 0 Å². The number of methoxy groups -OCH3 is 1. The third-order valence-electron chi connectivity index (χ3n) is 2.23. The van der Waals surface area contributed by atoms with Crippen LogP contribution in [0.5, 0.6) is 17.2 Å². The average Bonchev–Trinajstić information content (AvgIpc) is 2.40. The monoisotopic (exact) mass is 261 g/mol. The molecule has 0 aliphatic heterocycles. The van der Waals surface area contributed by atoms with Crippen LogP contribution < -0.4 is 10.5 Å². The first kappa shape index (κ1) is 14.4. The SMILES string of the molecule is COc1ccc(O)c(C(N)=O)c1.Oc1ccccc1. The fourth-order valence-electron chi connectivity index (χ4n) is 1.27. The molecular formula is C14H15NO4. The van der Waals surface area contributed by atoms with Gasteiger partial charge in [0.1, 0.15) is 17.2 Å². The zero-order chi connectivity index (χ0) is 14.3. The minimum absolute atomic E-state index is 0.0642. The molecule has 1 amide bonds. The minimum Gasteiger partial charge on any atom is -0.508 e. The smallest absolute Gasteiger partial charge is 0.252 e. The Morgan fingerprint density at radius 3 is 2.16 bits per heavy atom. The van der Waals surface area contributed by atoms with Crippen LogP contribution in [0, 0.1) is 0 Å². The first-order chi connectivity index (χ1) is 9.04. The van der Waals surface area contributed by atoms with Gasteiger partial charge in [0.05, 0.1) is 12.7 Å². The van der Waals surface area contributed by atoms with E-state index in [0.717, 1.165) is 0 Å². The van der Waals surface area contributed by atoms with Gasteiger partial charge in [-0.2, -0.15) is 0 Å². The molecule has 0 saturated heterocycles. The first-order valence-corrected chi connectivity index (χ1v) is 5.45. The fraction of sp³-hybridized carbons (Fsp3) is 0.0714. The zero-order valence-electron chi connectivity index (χ0n) is 10.4. The van der Waals surface area contributed by atoms with Gasteiger partial charge in [-0.15, -0.1) is 0 Å². The third-order valence-corrected chi connectivity index (χ3v) is 2.23. The van der Waals surface area contributed by atoms with Gasteiger partial charge in [0.15, 0.2) is 0 Å². The number of hydrogen-bond acceptors (Lipinski definition) is 4. The maximum atomic E-state index is 10.7. The summed E-state index contributed by atoms with van der Waals surface area (Å²) in [5.41, 5.74) is 5.05. The lowest BCUT2D eigenvalue weighted by atomic mass is 10.2. The van der Waals surface area contributed by atoms with Crippen molar-refractivity contribution in [2.45, 2.75) is 0 Å². The maximum absolute atomic E-state index is 10.7. The van der Waals surface area contributed by atoms with Gasteiger partial charge >= 0.3 is 0 Å². The molecule has 0 aliphatic rings. The van der Waals surface area contributed by atoms with Gasteiger partial charge < -0.3 is 20.7 Å². The van der Waals surface area contributed by atoms with Gasteiger partial charge in [-0.05, 0) is 30.3 Å². The van der Waals surface area contributed by atoms with E-state index in [9.17, 15) is 4.79 Å². The van der Waals surface area contributed by atoms with Crippen molar-refractivity contribution >= 4 is 5.91 Å². The third kappa shape index (κ3) is 4.59. The second-order valence-corrected chi connectivity index (χ2v) is 3.58. The molecule has 2 aromatic carbocycles. The largest absolute Gasteiger partial charge is 0.508 e. The quantitative estimate of drug-likeness (QED) is 0.769. The summed E-state index contributed by atoms with van der Waals surface area (Å²) in [7, 11) is 1.47. The summed E-state index contributed by atoms with van der Waals surface area (Å²) >= 11 is 0. The molecule has 0 radical (unpaired) electrons. The number of hydrogen-bond donors (Lipinski definition) is 3. The number of carbonyl (C=O) groups excluding carboxylic acids is 1. The molecule has 0 saturated carbocycles. The Morgan fingerprint density at radius 2 is 1.74 bits per heavy atom. The van der Waals surface area contributed by atoms with Crippen LogP contribution in [0.2, 0.25) is 0 Å². The van der Waals surface area contributed by atoms with Crippen LogP contribution in [0.15, 0.2) is 48.5 Å². The standard InChI is InChI=1S/C8H9NO3.C6H6O/c1-12-5-2-3-7(10)6(4-5)8(9)11;7-6-4-2-1-3-5-6/h2-4,10H,1H3,(H2,9,11);1-5,7H. The summed E-state index contributed by atoms with van der Waals surface area (Å²) in [4.78, 5) is 10.7. The van der Waals surface area contributed by atoms with Gasteiger partial charge in [0, 0.05) is 0 Å². The molecule has 0 bridgehead atoms. The van der Waals surface area contributed by atoms with E-state index in [1.807, 2.05) is 6.07 Å². The Labute approximate surface area is 110 Å². The number of rotatable bonds is 2. The molecule has 0 atom stereocenters. The van der Waals surface area contributed by atoms with E-state index in [0.29, 0.717) is 11.5 Å². The minimum atomic E-state index is -0.675. The molecule has 4 N–H and O–H groups in total. The predicted molar refractivity (Wildman–Crippen MR) is 71.3 cm³/mol. The van der Waals surface area contributed by atoms with Crippen molar-refractivity contribution in [3.8, 4) is 17.2 Å². The molecule has 0 aromatic heterocycles. The van der Waals surface area contributed by atoms with Crippen molar-refractivity contribution in [2.75, 3.05) is 7.11 Å². The molecule has 19 heavy (non-hydrogen) atoms. The van der Waals surface area contributed by atoms with E-state index >= 15 is 0 Å². The highest BCUT2D eigenvalue weighted by Crippen LogP contribution is 2.21. The van der Waals surface area contributed by atoms with E-state index in [-0.39, 0.29) is 11.3 Å². The Bertz CT molecular complexity index is 540. The van der Waals surface area contributed by atoms with E-state index in [4.69, 9.17) is 20.7 Å². The lowest BCUT2D eigenvalue weighted by Crippen LogP contribution is -2.11. The summed E-state index contributed by atoms with van der Waals surface area (Å²) < 4.78 is 4.84. The summed E-state index contributed by atoms with van der Waals surface area (Å²) in [5, 5.41) is 17.8. The highest BCUT2D eigenvalue weighted by atomic mass is 16.5. The van der Waals surface area contributed by atoms with Crippen molar-refractivity contribution in [3.63, 3.8) is 0 Å². The molecular weight excluding hydrogens is 246 g/mol. The molecule has 0 unspecified atom stereocenters. The summed E-state index contributed by atoms with van der Waals surface area (Å²) in [6, 6.07) is 13.0. The predicted octanol–water partition coefficient (Wildman–Crippen LogP) is 1.89. The summed E-state index contributed by atoms with van der Waals surface area (Å²) in [6.45, 7) is 0. The molecule has 2 rings (SSSR count). The number of para-hydroxylation sites is 1. The van der Waals surface area contributed by atoms with Crippen LogP contribution in [0.25, 0.3) is 0 Å². The van der Waals surface area contributed by atoms with Crippen LogP contribution in [0.4, 0.5) is 0 Å². The number of nitrogens with two attached hydrogens (primary N) is 1. The Kier molecular flexibility index (Phi) is 5.22. The van der Waals surface area contributed by atoms with Gasteiger partial charge in [0.25, 0.3) is 5.91 Å². The molecule has 5 nitrogen and oxygen atoms in total. The van der Waals surface area contributed by atoms with Crippen LogP contribution in [0.3, 0.4) is 0 Å². The van der Waals surface area contributed by atoms with Crippen LogP contribution >= 0.6 is 0 Å². The molecule has 5 heteroatoms. The lowest BCUT2D eigenvalue weighted by Gasteiger charge is -2.02. The number of aromatic hydroxyl groups is 2. The number of benzene rings is 2. The molecule has 0 heterocycles. The fourth-order valence-corrected chi connectivity index (χ4v) is 1.27. The van der Waals surface area contributed by atoms with Crippen molar-refractivity contribution in [2.24, 2.45) is 5.73 Å². The summed E-state index contributed by atoms with van der Waals surface area (Å²) in [5.74, 6) is -0.00111. The Balaban J connectivity index is 0.000000218. The highest BCUT2D eigenvalue weighted by molar-refractivity contribution is 5.95. The molecule has 0 aliphatic carbocycles. The Hall–Kier alpha value is -2.69. The lowest BCUT2D eigenvalue weighted by molar-refractivity contribution is 0.0997. The number of ether oxygens (including phenoxy) is 1. The zero-order valence-corrected chi connectivity index (χ0v) is 10.4. The van der Waals surface area contributed by atoms with Gasteiger partial charge in [-0.25, -0.2) is 0 Å². The van der Waals surface area contributed by atoms with E-state index in [1.165, 1.54) is 19.2 Å². The van der Waals surface area contributed by atoms with Crippen molar-refractivity contribution in [1.82, 2.24) is 0 Å². The van der Waals surface area contributed by atoms with Crippen LogP contribution in [-0.4, -0.2) is 23.2 Å². The van der Waals surface area contributed by atoms with Crippen LogP contribution in [0.1, 0.15) is 10.4 Å². The number of phenolic OH excluding ortho intramolecular Hbond substituents is 1. The number of primary amides is 1. The van der Waals surface area contributed by atoms with Crippen molar-refractivity contribution in [3.05, 3.63) is 54.1 Å². The van der Waals surface area contributed by atoms with E-state index in [1.54, 1.807) is 30.3 Å². The van der Waals surface area contributed by atoms with Crippen LogP contribution in [-0.2, 0) is 0 Å². The Morgan fingerprint density at radius 1 is 1.11 bits per heavy atom. The normalized spacial score (nSPS) is 9.11. The second-order valence-electron chi connectivity index (χ2n) is 3.58. The van der Waals surface area contributed by atoms with E-state index < -0.39 is 5.91 Å². The van der Waals surface area contributed by atoms with Crippen molar-refractivity contribution in [1.29, 1.82) is 0 Å². The molecule has 100 valence electrons. The topological polar surface area (TPSA) is 92.8 Å². The van der Waals surface area contributed by atoms with Gasteiger partial charge in [0.2, 0.25) is 0 Å². The van der Waals surface area contributed by atoms with Crippen molar-refractivity contribution < 1.29 is 19.7 Å². The number of amides is 1. The molecule has 0 fully saturated rings. The second kappa shape index (κ2) is 6.90. The number of carbonyl (C=O) groups is 1. The highest BCUT2D eigenvalue weighted by Gasteiger charge is 2.07. The molecule has 0 spiro atoms.